The third kappa shape index (κ3) is 3.35. The summed E-state index contributed by atoms with van der Waals surface area (Å²) < 4.78 is 18.3. The minimum absolute atomic E-state index is 0.276. The van der Waals surface area contributed by atoms with E-state index >= 15 is 0 Å². The van der Waals surface area contributed by atoms with Crippen molar-refractivity contribution in [3.8, 4) is 5.75 Å². The summed E-state index contributed by atoms with van der Waals surface area (Å²) >= 11 is 0. The van der Waals surface area contributed by atoms with Crippen molar-refractivity contribution in [2.45, 2.75) is 19.8 Å². The first-order chi connectivity index (χ1) is 7.69. The van der Waals surface area contributed by atoms with Gasteiger partial charge in [-0.05, 0) is 49.6 Å². The Bertz CT molecular complexity index is 374. The maximum absolute atomic E-state index is 13.4. The molecule has 0 aliphatic rings. The van der Waals surface area contributed by atoms with Crippen LogP contribution in [0.5, 0.6) is 5.75 Å². The zero-order valence-corrected chi connectivity index (χ0v) is 9.79. The van der Waals surface area contributed by atoms with Crippen molar-refractivity contribution >= 4 is 5.57 Å². The molecule has 0 heterocycles. The average Bonchev–Trinajstić information content (AvgIpc) is 2.29. The summed E-state index contributed by atoms with van der Waals surface area (Å²) in [6.45, 7) is 2.65. The van der Waals surface area contributed by atoms with Gasteiger partial charge in [-0.1, -0.05) is 12.1 Å². The highest BCUT2D eigenvalue weighted by Crippen LogP contribution is 2.22. The summed E-state index contributed by atoms with van der Waals surface area (Å²) in [6.07, 6.45) is 3.96. The number of hydrogen-bond acceptors (Lipinski definition) is 2. The Hall–Kier alpha value is -1.35. The molecule has 3 heteroatoms. The van der Waals surface area contributed by atoms with Gasteiger partial charge in [-0.25, -0.2) is 4.39 Å². The zero-order chi connectivity index (χ0) is 12.0. The van der Waals surface area contributed by atoms with Gasteiger partial charge in [-0.2, -0.15) is 0 Å². The predicted octanol–water partition coefficient (Wildman–Crippen LogP) is 2.98. The van der Waals surface area contributed by atoms with Crippen molar-refractivity contribution in [2.75, 3.05) is 13.7 Å². The van der Waals surface area contributed by atoms with E-state index in [0.717, 1.165) is 24.0 Å². The van der Waals surface area contributed by atoms with E-state index in [0.29, 0.717) is 6.54 Å². The van der Waals surface area contributed by atoms with Crippen LogP contribution in [0.25, 0.3) is 5.57 Å². The number of hydrogen-bond donors (Lipinski definition) is 1. The van der Waals surface area contributed by atoms with Gasteiger partial charge in [0.2, 0.25) is 0 Å². The smallest absolute Gasteiger partial charge is 0.165 e. The molecule has 0 bridgehead atoms. The van der Waals surface area contributed by atoms with Crippen molar-refractivity contribution in [3.63, 3.8) is 0 Å². The minimum atomic E-state index is -0.327. The monoisotopic (exact) mass is 223 g/mol. The second kappa shape index (κ2) is 6.28. The normalized spacial score (nSPS) is 11.6. The summed E-state index contributed by atoms with van der Waals surface area (Å²) in [6, 6.07) is 4.99. The van der Waals surface area contributed by atoms with Gasteiger partial charge >= 0.3 is 0 Å². The molecule has 16 heavy (non-hydrogen) atoms. The van der Waals surface area contributed by atoms with Crippen molar-refractivity contribution < 1.29 is 9.13 Å². The summed E-state index contributed by atoms with van der Waals surface area (Å²) in [7, 11) is 1.46. The fraction of sp³-hybridized carbons (Fsp3) is 0.385. The lowest BCUT2D eigenvalue weighted by Gasteiger charge is -2.05. The third-order valence-corrected chi connectivity index (χ3v) is 2.47. The number of rotatable bonds is 5. The van der Waals surface area contributed by atoms with Gasteiger partial charge in [0.1, 0.15) is 0 Å². The molecule has 0 amide bonds. The van der Waals surface area contributed by atoms with E-state index in [-0.39, 0.29) is 11.6 Å². The standard InChI is InChI=1S/C13H18FNO/c1-10(5-3-4-8-15)11-6-7-13(16-2)12(14)9-11/h5-7,9H,3-4,8,15H2,1-2H3/b10-5+. The van der Waals surface area contributed by atoms with E-state index in [2.05, 4.69) is 6.08 Å². The molecule has 0 atom stereocenters. The zero-order valence-electron chi connectivity index (χ0n) is 9.79. The van der Waals surface area contributed by atoms with Gasteiger partial charge in [0.05, 0.1) is 7.11 Å². The molecule has 0 saturated carbocycles. The van der Waals surface area contributed by atoms with E-state index in [9.17, 15) is 4.39 Å². The molecule has 0 fully saturated rings. The van der Waals surface area contributed by atoms with E-state index in [1.165, 1.54) is 13.2 Å². The summed E-state index contributed by atoms with van der Waals surface area (Å²) in [5.41, 5.74) is 7.36. The number of ether oxygens (including phenoxy) is 1. The lowest BCUT2D eigenvalue weighted by Crippen LogP contribution is -1.96. The molecule has 0 aliphatic heterocycles. The van der Waals surface area contributed by atoms with E-state index in [4.69, 9.17) is 10.5 Å². The first-order valence-electron chi connectivity index (χ1n) is 5.39. The molecule has 1 rings (SSSR count). The molecule has 0 aliphatic carbocycles. The minimum Gasteiger partial charge on any atom is -0.494 e. The number of unbranched alkanes of at least 4 members (excludes halogenated alkanes) is 1. The number of methoxy groups -OCH3 is 1. The highest BCUT2D eigenvalue weighted by atomic mass is 19.1. The van der Waals surface area contributed by atoms with Crippen molar-refractivity contribution in [1.82, 2.24) is 0 Å². The maximum atomic E-state index is 13.4. The number of benzene rings is 1. The van der Waals surface area contributed by atoms with Crippen LogP contribution in [0.4, 0.5) is 4.39 Å². The van der Waals surface area contributed by atoms with Crippen molar-refractivity contribution in [3.05, 3.63) is 35.7 Å². The highest BCUT2D eigenvalue weighted by molar-refractivity contribution is 5.64. The average molecular weight is 223 g/mol. The molecule has 0 spiro atoms. The Morgan fingerprint density at radius 1 is 1.50 bits per heavy atom. The molecule has 2 nitrogen and oxygen atoms in total. The molecule has 0 aromatic heterocycles. The Balaban J connectivity index is 2.80. The van der Waals surface area contributed by atoms with Gasteiger partial charge in [0.15, 0.2) is 11.6 Å². The van der Waals surface area contributed by atoms with Crippen LogP contribution in [0, 0.1) is 5.82 Å². The second-order valence-electron chi connectivity index (χ2n) is 3.67. The Kier molecular flexibility index (Phi) is 4.99. The van der Waals surface area contributed by atoms with Gasteiger partial charge in [-0.3, -0.25) is 0 Å². The fourth-order valence-electron chi connectivity index (χ4n) is 1.47. The predicted molar refractivity (Wildman–Crippen MR) is 64.9 cm³/mol. The lowest BCUT2D eigenvalue weighted by molar-refractivity contribution is 0.386. The number of allylic oxidation sites excluding steroid dienone is 2. The largest absolute Gasteiger partial charge is 0.494 e. The number of nitrogens with two attached hydrogens (primary N) is 1. The molecule has 0 saturated heterocycles. The van der Waals surface area contributed by atoms with Crippen LogP contribution in [-0.4, -0.2) is 13.7 Å². The molecule has 2 N–H and O–H groups in total. The third-order valence-electron chi connectivity index (χ3n) is 2.47. The van der Waals surface area contributed by atoms with Crippen LogP contribution in [0.1, 0.15) is 25.3 Å². The molecule has 88 valence electrons. The molecular weight excluding hydrogens is 205 g/mol. The first kappa shape index (κ1) is 12.7. The Morgan fingerprint density at radius 2 is 2.25 bits per heavy atom. The van der Waals surface area contributed by atoms with Crippen LogP contribution < -0.4 is 10.5 Å². The topological polar surface area (TPSA) is 35.2 Å². The maximum Gasteiger partial charge on any atom is 0.165 e. The van der Waals surface area contributed by atoms with Crippen molar-refractivity contribution in [2.24, 2.45) is 5.73 Å². The molecule has 1 aromatic carbocycles. The quantitative estimate of drug-likeness (QED) is 0.779. The van der Waals surface area contributed by atoms with E-state index < -0.39 is 0 Å². The van der Waals surface area contributed by atoms with E-state index in [1.807, 2.05) is 13.0 Å². The Morgan fingerprint density at radius 3 is 2.81 bits per heavy atom. The van der Waals surface area contributed by atoms with Crippen LogP contribution in [0.3, 0.4) is 0 Å². The fourth-order valence-corrected chi connectivity index (χ4v) is 1.47. The van der Waals surface area contributed by atoms with Crippen LogP contribution in [-0.2, 0) is 0 Å². The van der Waals surface area contributed by atoms with Crippen LogP contribution >= 0.6 is 0 Å². The first-order valence-corrected chi connectivity index (χ1v) is 5.39. The highest BCUT2D eigenvalue weighted by Gasteiger charge is 2.04. The number of halogens is 1. The Labute approximate surface area is 95.9 Å². The van der Waals surface area contributed by atoms with Crippen molar-refractivity contribution in [1.29, 1.82) is 0 Å². The SMILES string of the molecule is COc1ccc(/C(C)=C/CCCN)cc1F. The van der Waals surface area contributed by atoms with Gasteiger partial charge in [0.25, 0.3) is 0 Å². The molecular formula is C13H18FNO. The summed E-state index contributed by atoms with van der Waals surface area (Å²) in [5.74, 6) is -0.0508. The van der Waals surface area contributed by atoms with E-state index in [1.54, 1.807) is 6.07 Å². The second-order valence-corrected chi connectivity index (χ2v) is 3.67. The molecule has 0 radical (unpaired) electrons. The summed E-state index contributed by atoms with van der Waals surface area (Å²) in [5, 5.41) is 0. The summed E-state index contributed by atoms with van der Waals surface area (Å²) in [4.78, 5) is 0. The van der Waals surface area contributed by atoms with Gasteiger partial charge < -0.3 is 10.5 Å². The van der Waals surface area contributed by atoms with Crippen LogP contribution in [0.15, 0.2) is 24.3 Å². The van der Waals surface area contributed by atoms with Gasteiger partial charge in [0, 0.05) is 0 Å². The van der Waals surface area contributed by atoms with Gasteiger partial charge in [-0.15, -0.1) is 0 Å². The van der Waals surface area contributed by atoms with Crippen LogP contribution in [0.2, 0.25) is 0 Å². The lowest BCUT2D eigenvalue weighted by atomic mass is 10.1. The molecule has 1 aromatic rings. The molecule has 0 unspecified atom stereocenters.